The molecule has 8 heteroatoms. The number of carbonyl (C=O) groups is 2. The Morgan fingerprint density at radius 2 is 1.91 bits per heavy atom. The van der Waals surface area contributed by atoms with Gasteiger partial charge in [-0.2, -0.15) is 5.10 Å². The zero-order valence-electron chi connectivity index (χ0n) is 18.3. The molecule has 1 fully saturated rings. The predicted molar refractivity (Wildman–Crippen MR) is 122 cm³/mol. The number of nitrogens with zero attached hydrogens (tertiary/aromatic N) is 2. The average molecular weight is 448 g/mol. The summed E-state index contributed by atoms with van der Waals surface area (Å²) in [7, 11) is 0. The van der Waals surface area contributed by atoms with E-state index in [4.69, 9.17) is 0 Å². The van der Waals surface area contributed by atoms with E-state index >= 15 is 0 Å². The van der Waals surface area contributed by atoms with Crippen LogP contribution in [0.2, 0.25) is 0 Å². The molecular weight excluding hydrogens is 423 g/mol. The van der Waals surface area contributed by atoms with Crippen LogP contribution in [0.1, 0.15) is 29.4 Å². The van der Waals surface area contributed by atoms with Crippen molar-refractivity contribution < 1.29 is 14.0 Å². The van der Waals surface area contributed by atoms with Crippen molar-refractivity contribution in [3.8, 4) is 11.1 Å². The van der Waals surface area contributed by atoms with Crippen molar-refractivity contribution in [2.24, 2.45) is 5.41 Å². The van der Waals surface area contributed by atoms with Gasteiger partial charge in [-0.1, -0.05) is 36.4 Å². The van der Waals surface area contributed by atoms with E-state index in [1.807, 2.05) is 31.2 Å². The summed E-state index contributed by atoms with van der Waals surface area (Å²) < 4.78 is 13.3. The lowest BCUT2D eigenvalue weighted by atomic mass is 9.79. The van der Waals surface area contributed by atoms with Gasteiger partial charge in [0.1, 0.15) is 11.5 Å². The van der Waals surface area contributed by atoms with Gasteiger partial charge in [0.05, 0.1) is 5.41 Å². The van der Waals surface area contributed by atoms with Crippen molar-refractivity contribution in [2.75, 3.05) is 19.6 Å². The van der Waals surface area contributed by atoms with E-state index in [-0.39, 0.29) is 35.4 Å². The number of nitrogens with one attached hydrogen (secondary N) is 2. The quantitative estimate of drug-likeness (QED) is 0.606. The molecule has 2 amide bonds. The van der Waals surface area contributed by atoms with Gasteiger partial charge in [-0.05, 0) is 54.7 Å². The molecule has 0 radical (unpaired) electrons. The maximum atomic E-state index is 13.3. The minimum absolute atomic E-state index is 0.0955. The molecular formula is C25H25FN4O3. The molecule has 2 aromatic carbocycles. The third-order valence-corrected chi connectivity index (χ3v) is 6.01. The van der Waals surface area contributed by atoms with Crippen molar-refractivity contribution in [1.29, 1.82) is 0 Å². The minimum atomic E-state index is -0.782. The Labute approximate surface area is 190 Å². The van der Waals surface area contributed by atoms with E-state index in [1.54, 1.807) is 17.0 Å². The molecule has 170 valence electrons. The fourth-order valence-corrected chi connectivity index (χ4v) is 4.32. The van der Waals surface area contributed by atoms with Crippen LogP contribution in [0.4, 0.5) is 4.39 Å². The number of hydrogen-bond donors (Lipinski definition) is 2. The molecule has 2 N–H and O–H groups in total. The molecule has 3 aromatic rings. The summed E-state index contributed by atoms with van der Waals surface area (Å²) in [6, 6.07) is 16.8. The van der Waals surface area contributed by atoms with Crippen LogP contribution in [-0.4, -0.2) is 46.5 Å². The van der Waals surface area contributed by atoms with Gasteiger partial charge in [-0.15, -0.1) is 0 Å². The first-order valence-electron chi connectivity index (χ1n) is 10.9. The van der Waals surface area contributed by atoms with Crippen molar-refractivity contribution in [1.82, 2.24) is 20.4 Å². The third kappa shape index (κ3) is 4.84. The summed E-state index contributed by atoms with van der Waals surface area (Å²) in [6.45, 7) is 3.02. The van der Waals surface area contributed by atoms with Crippen molar-refractivity contribution in [3.05, 3.63) is 88.1 Å². The van der Waals surface area contributed by atoms with Crippen LogP contribution in [-0.2, 0) is 11.2 Å². The topological polar surface area (TPSA) is 95.2 Å². The molecule has 0 bridgehead atoms. The number of halogens is 1. The Bertz CT molecular complexity index is 1200. The first kappa shape index (κ1) is 22.4. The highest BCUT2D eigenvalue weighted by atomic mass is 19.1. The normalized spacial score (nSPS) is 17.7. The Kier molecular flexibility index (Phi) is 6.35. The average Bonchev–Trinajstić information content (AvgIpc) is 3.25. The lowest BCUT2D eigenvalue weighted by molar-refractivity contribution is -0.130. The number of amides is 2. The van der Waals surface area contributed by atoms with Gasteiger partial charge in [-0.25, -0.2) is 9.49 Å². The Balaban J connectivity index is 1.59. The maximum absolute atomic E-state index is 13.3. The molecule has 1 aliphatic heterocycles. The summed E-state index contributed by atoms with van der Waals surface area (Å²) in [5.41, 5.74) is 1.75. The second kappa shape index (κ2) is 9.36. The summed E-state index contributed by atoms with van der Waals surface area (Å²) >= 11 is 0. The molecule has 0 spiro atoms. The van der Waals surface area contributed by atoms with Gasteiger partial charge < -0.3 is 10.2 Å². The molecule has 1 unspecified atom stereocenters. The van der Waals surface area contributed by atoms with Gasteiger partial charge in [0, 0.05) is 25.7 Å². The second-order valence-corrected chi connectivity index (χ2v) is 8.31. The van der Waals surface area contributed by atoms with Gasteiger partial charge in [-0.3, -0.25) is 14.4 Å². The van der Waals surface area contributed by atoms with Crippen molar-refractivity contribution in [2.45, 2.75) is 19.8 Å². The number of aromatic nitrogens is 2. The molecule has 7 nitrogen and oxygen atoms in total. The summed E-state index contributed by atoms with van der Waals surface area (Å²) in [5, 5.41) is 9.03. The van der Waals surface area contributed by atoms with E-state index in [2.05, 4.69) is 15.5 Å². The molecule has 33 heavy (non-hydrogen) atoms. The monoisotopic (exact) mass is 448 g/mol. The van der Waals surface area contributed by atoms with Gasteiger partial charge >= 0.3 is 0 Å². The molecule has 1 saturated heterocycles. The number of aromatic amines is 1. The molecule has 0 aliphatic carbocycles. The predicted octanol–water partition coefficient (Wildman–Crippen LogP) is 2.79. The number of rotatable bonds is 6. The number of benzene rings is 2. The zero-order valence-corrected chi connectivity index (χ0v) is 18.3. The summed E-state index contributed by atoms with van der Waals surface area (Å²) in [6.07, 6.45) is 0.964. The van der Waals surface area contributed by atoms with Crippen LogP contribution >= 0.6 is 0 Å². The molecule has 4 rings (SSSR count). The number of H-pyrrole nitrogens is 1. The lowest BCUT2D eigenvalue weighted by Gasteiger charge is -2.28. The number of carbonyl (C=O) groups excluding carboxylic acids is 2. The van der Waals surface area contributed by atoms with E-state index in [0.29, 0.717) is 25.9 Å². The number of likely N-dealkylation sites (tertiary alicyclic amines) is 1. The highest BCUT2D eigenvalue weighted by Gasteiger charge is 2.46. The van der Waals surface area contributed by atoms with Crippen LogP contribution in [0, 0.1) is 11.2 Å². The van der Waals surface area contributed by atoms with E-state index in [1.165, 1.54) is 24.3 Å². The SMILES string of the molecule is CCNC(=O)C1(Cc2cccc(-c3ccc(F)cc3)c2)CCN(C(=O)c2ccc(=O)[nH]n2)C1. The van der Waals surface area contributed by atoms with Crippen LogP contribution in [0.5, 0.6) is 0 Å². The lowest BCUT2D eigenvalue weighted by Crippen LogP contribution is -2.45. The fourth-order valence-electron chi connectivity index (χ4n) is 4.32. The molecule has 0 saturated carbocycles. The van der Waals surface area contributed by atoms with Crippen molar-refractivity contribution >= 4 is 11.8 Å². The first-order valence-corrected chi connectivity index (χ1v) is 10.9. The van der Waals surface area contributed by atoms with Crippen LogP contribution < -0.4 is 10.9 Å². The van der Waals surface area contributed by atoms with Gasteiger partial charge in [0.2, 0.25) is 5.91 Å². The Morgan fingerprint density at radius 3 is 2.61 bits per heavy atom. The second-order valence-electron chi connectivity index (χ2n) is 8.31. The number of hydrogen-bond acceptors (Lipinski definition) is 4. The molecule has 1 aliphatic rings. The maximum Gasteiger partial charge on any atom is 0.274 e. The highest BCUT2D eigenvalue weighted by molar-refractivity contribution is 5.93. The Morgan fingerprint density at radius 1 is 1.12 bits per heavy atom. The smallest absolute Gasteiger partial charge is 0.274 e. The molecule has 1 aromatic heterocycles. The minimum Gasteiger partial charge on any atom is -0.356 e. The largest absolute Gasteiger partial charge is 0.356 e. The van der Waals surface area contributed by atoms with E-state index < -0.39 is 5.41 Å². The van der Waals surface area contributed by atoms with Gasteiger partial charge in [0.15, 0.2) is 0 Å². The van der Waals surface area contributed by atoms with Gasteiger partial charge in [0.25, 0.3) is 11.5 Å². The van der Waals surface area contributed by atoms with E-state index in [0.717, 1.165) is 16.7 Å². The zero-order chi connectivity index (χ0) is 23.4. The first-order chi connectivity index (χ1) is 15.9. The molecule has 1 atom stereocenters. The van der Waals surface area contributed by atoms with Crippen LogP contribution in [0.15, 0.2) is 65.5 Å². The summed E-state index contributed by atoms with van der Waals surface area (Å²) in [4.78, 5) is 39.0. The van der Waals surface area contributed by atoms with E-state index in [9.17, 15) is 18.8 Å². The molecule has 2 heterocycles. The van der Waals surface area contributed by atoms with Crippen LogP contribution in [0.25, 0.3) is 11.1 Å². The summed E-state index contributed by atoms with van der Waals surface area (Å²) in [5.74, 6) is -0.711. The third-order valence-electron chi connectivity index (χ3n) is 6.01. The van der Waals surface area contributed by atoms with Crippen molar-refractivity contribution in [3.63, 3.8) is 0 Å². The van der Waals surface area contributed by atoms with Crippen LogP contribution in [0.3, 0.4) is 0 Å². The highest BCUT2D eigenvalue weighted by Crippen LogP contribution is 2.36. The Hall–Kier alpha value is -3.81. The standard InChI is InChI=1S/C25H25FN4O3/c1-2-27-24(33)25(12-13-30(16-25)23(32)21-10-11-22(31)29-28-21)15-17-4-3-5-19(14-17)18-6-8-20(26)9-7-18/h3-11,14H,2,12-13,15-16H2,1H3,(H,27,33)(H,29,31). The fraction of sp³-hybridized carbons (Fsp3) is 0.280.